The van der Waals surface area contributed by atoms with Crippen LogP contribution in [0.3, 0.4) is 0 Å². The van der Waals surface area contributed by atoms with Crippen LogP contribution in [0.4, 0.5) is 0 Å². The minimum atomic E-state index is 0.295. The zero-order valence-electron chi connectivity index (χ0n) is 7.40. The van der Waals surface area contributed by atoms with Crippen LogP contribution >= 0.6 is 27.3 Å². The van der Waals surface area contributed by atoms with E-state index < -0.39 is 0 Å². The molecule has 1 heterocycles. The molecule has 0 amide bonds. The lowest BCUT2D eigenvalue weighted by Crippen LogP contribution is -2.23. The normalized spacial score (nSPS) is 9.71. The van der Waals surface area contributed by atoms with Gasteiger partial charge in [0.2, 0.25) is 0 Å². The lowest BCUT2D eigenvalue weighted by Gasteiger charge is -2.12. The number of rotatable bonds is 4. The van der Waals surface area contributed by atoms with Crippen LogP contribution in [0.5, 0.6) is 0 Å². The number of nitriles is 2. The van der Waals surface area contributed by atoms with E-state index in [1.54, 1.807) is 16.2 Å². The molecule has 0 saturated heterocycles. The maximum Gasteiger partial charge on any atom is 0.0877 e. The van der Waals surface area contributed by atoms with Gasteiger partial charge in [0.05, 0.1) is 25.2 Å². The summed E-state index contributed by atoms with van der Waals surface area (Å²) in [6, 6.07) is 6.10. The topological polar surface area (TPSA) is 50.8 Å². The molecule has 0 aliphatic heterocycles. The molecule has 14 heavy (non-hydrogen) atoms. The lowest BCUT2D eigenvalue weighted by atomic mass is 10.4. The van der Waals surface area contributed by atoms with E-state index in [2.05, 4.69) is 15.9 Å². The van der Waals surface area contributed by atoms with Crippen molar-refractivity contribution in [2.24, 2.45) is 0 Å². The summed E-state index contributed by atoms with van der Waals surface area (Å²) in [6.07, 6.45) is 0. The minimum Gasteiger partial charge on any atom is -0.272 e. The summed E-state index contributed by atoms with van der Waals surface area (Å²) in [4.78, 5) is 2.96. The van der Waals surface area contributed by atoms with Crippen molar-refractivity contribution in [1.82, 2.24) is 4.90 Å². The summed E-state index contributed by atoms with van der Waals surface area (Å²) < 4.78 is 1.05. The summed E-state index contributed by atoms with van der Waals surface area (Å²) in [5.74, 6) is 0. The van der Waals surface area contributed by atoms with Crippen LogP contribution in [0.25, 0.3) is 0 Å². The average molecular weight is 270 g/mol. The second-order valence-corrected chi connectivity index (χ2v) is 4.60. The van der Waals surface area contributed by atoms with Crippen LogP contribution in [0.2, 0.25) is 0 Å². The Balaban J connectivity index is 2.56. The first-order chi connectivity index (χ1) is 6.76. The molecule has 0 radical (unpaired) electrons. The predicted octanol–water partition coefficient (Wildman–Crippen LogP) is 2.36. The number of halogens is 1. The summed E-state index contributed by atoms with van der Waals surface area (Å²) in [7, 11) is 0. The molecule has 0 atom stereocenters. The van der Waals surface area contributed by atoms with Gasteiger partial charge < -0.3 is 0 Å². The van der Waals surface area contributed by atoms with E-state index in [-0.39, 0.29) is 0 Å². The third-order valence-electron chi connectivity index (χ3n) is 1.59. The van der Waals surface area contributed by atoms with Crippen molar-refractivity contribution in [2.45, 2.75) is 6.54 Å². The molecule has 0 aromatic carbocycles. The molecule has 72 valence electrons. The molecule has 1 rings (SSSR count). The molecule has 0 spiro atoms. The SMILES string of the molecule is N#CCN(CC#N)Cc1cc(Br)cs1. The van der Waals surface area contributed by atoms with E-state index in [0.717, 1.165) is 9.35 Å². The molecular formula is C9H8BrN3S. The first kappa shape index (κ1) is 11.2. The highest BCUT2D eigenvalue weighted by molar-refractivity contribution is 9.10. The van der Waals surface area contributed by atoms with E-state index >= 15 is 0 Å². The van der Waals surface area contributed by atoms with Gasteiger partial charge in [-0.05, 0) is 22.0 Å². The molecule has 3 nitrogen and oxygen atoms in total. The van der Waals surface area contributed by atoms with Crippen molar-refractivity contribution in [1.29, 1.82) is 10.5 Å². The summed E-state index contributed by atoms with van der Waals surface area (Å²) in [5, 5.41) is 19.1. The Morgan fingerprint density at radius 1 is 1.36 bits per heavy atom. The molecule has 5 heteroatoms. The standard InChI is InChI=1S/C9H8BrN3S/c10-8-5-9(14-7-8)6-13(3-1-11)4-2-12/h5,7H,3-4,6H2. The second-order valence-electron chi connectivity index (χ2n) is 2.69. The van der Waals surface area contributed by atoms with Crippen molar-refractivity contribution in [3.8, 4) is 12.1 Å². The van der Waals surface area contributed by atoms with E-state index in [9.17, 15) is 0 Å². The first-order valence-corrected chi connectivity index (χ1v) is 5.62. The molecular weight excluding hydrogens is 262 g/mol. The van der Waals surface area contributed by atoms with Crippen LogP contribution in [0, 0.1) is 22.7 Å². The summed E-state index contributed by atoms with van der Waals surface area (Å²) >= 11 is 4.98. The zero-order valence-corrected chi connectivity index (χ0v) is 9.81. The van der Waals surface area contributed by atoms with Gasteiger partial charge in [0.1, 0.15) is 0 Å². The lowest BCUT2D eigenvalue weighted by molar-refractivity contribution is 0.338. The van der Waals surface area contributed by atoms with Gasteiger partial charge in [-0.2, -0.15) is 10.5 Å². The van der Waals surface area contributed by atoms with Crippen LogP contribution in [0.1, 0.15) is 4.88 Å². The summed E-state index contributed by atoms with van der Waals surface area (Å²) in [6.45, 7) is 1.25. The Labute approximate surface area is 95.3 Å². The van der Waals surface area contributed by atoms with Crippen molar-refractivity contribution < 1.29 is 0 Å². The van der Waals surface area contributed by atoms with E-state index in [0.29, 0.717) is 19.6 Å². The maximum absolute atomic E-state index is 8.54. The van der Waals surface area contributed by atoms with E-state index in [1.165, 1.54) is 0 Å². The van der Waals surface area contributed by atoms with Gasteiger partial charge in [-0.3, -0.25) is 4.90 Å². The fourth-order valence-electron chi connectivity index (χ4n) is 1.02. The third kappa shape index (κ3) is 3.47. The smallest absolute Gasteiger partial charge is 0.0877 e. The predicted molar refractivity (Wildman–Crippen MR) is 58.5 cm³/mol. The van der Waals surface area contributed by atoms with Gasteiger partial charge in [0.15, 0.2) is 0 Å². The molecule has 0 aliphatic carbocycles. The Bertz CT molecular complexity index is 358. The quantitative estimate of drug-likeness (QED) is 0.789. The third-order valence-corrected chi connectivity index (χ3v) is 3.27. The second kappa shape index (κ2) is 5.77. The minimum absolute atomic E-state index is 0.295. The highest BCUT2D eigenvalue weighted by Crippen LogP contribution is 2.20. The number of thiophene rings is 1. The van der Waals surface area contributed by atoms with E-state index in [4.69, 9.17) is 10.5 Å². The number of hydrogen-bond donors (Lipinski definition) is 0. The van der Waals surface area contributed by atoms with Crippen molar-refractivity contribution in [3.63, 3.8) is 0 Å². The Morgan fingerprint density at radius 3 is 2.43 bits per heavy atom. The average Bonchev–Trinajstić information content (AvgIpc) is 2.52. The largest absolute Gasteiger partial charge is 0.272 e. The van der Waals surface area contributed by atoms with Crippen molar-refractivity contribution in [3.05, 3.63) is 20.8 Å². The van der Waals surface area contributed by atoms with Crippen molar-refractivity contribution >= 4 is 27.3 Å². The van der Waals surface area contributed by atoms with Gasteiger partial charge in [0, 0.05) is 21.3 Å². The van der Waals surface area contributed by atoms with Crippen molar-refractivity contribution in [2.75, 3.05) is 13.1 Å². The zero-order chi connectivity index (χ0) is 10.4. The fraction of sp³-hybridized carbons (Fsp3) is 0.333. The Kier molecular flexibility index (Phi) is 4.61. The monoisotopic (exact) mass is 269 g/mol. The first-order valence-electron chi connectivity index (χ1n) is 3.95. The highest BCUT2D eigenvalue weighted by atomic mass is 79.9. The van der Waals surface area contributed by atoms with Crippen LogP contribution in [-0.4, -0.2) is 18.0 Å². The summed E-state index contributed by atoms with van der Waals surface area (Å²) in [5.41, 5.74) is 0. The maximum atomic E-state index is 8.54. The molecule has 0 bridgehead atoms. The molecule has 0 saturated carbocycles. The molecule has 0 unspecified atom stereocenters. The molecule has 0 N–H and O–H groups in total. The molecule has 0 aliphatic rings. The van der Waals surface area contributed by atoms with Gasteiger partial charge in [-0.1, -0.05) is 0 Å². The number of hydrogen-bond acceptors (Lipinski definition) is 4. The van der Waals surface area contributed by atoms with Gasteiger partial charge in [0.25, 0.3) is 0 Å². The Hall–Kier alpha value is -0.880. The fourth-order valence-corrected chi connectivity index (χ4v) is 2.52. The highest BCUT2D eigenvalue weighted by Gasteiger charge is 2.06. The molecule has 1 aromatic rings. The van der Waals surface area contributed by atoms with Crippen LogP contribution in [-0.2, 0) is 6.54 Å². The Morgan fingerprint density at radius 2 is 2.00 bits per heavy atom. The number of nitrogens with zero attached hydrogens (tertiary/aromatic N) is 3. The molecule has 0 fully saturated rings. The van der Waals surface area contributed by atoms with E-state index in [1.807, 2.05) is 23.6 Å². The van der Waals surface area contributed by atoms with Crippen LogP contribution in [0.15, 0.2) is 15.9 Å². The van der Waals surface area contributed by atoms with Gasteiger partial charge >= 0.3 is 0 Å². The van der Waals surface area contributed by atoms with Crippen LogP contribution < -0.4 is 0 Å². The van der Waals surface area contributed by atoms with Gasteiger partial charge in [-0.25, -0.2) is 0 Å². The van der Waals surface area contributed by atoms with Gasteiger partial charge in [-0.15, -0.1) is 11.3 Å². The molecule has 1 aromatic heterocycles.